The Morgan fingerprint density at radius 3 is 1.28 bits per heavy atom. The topological polar surface area (TPSA) is 27.7 Å². The quantitative estimate of drug-likeness (QED) is 0.558. The standard InChI is InChI=1S/C14H32O3Si/c1-8-14(9-2,13(6)7)18(15-10-3,16-11-4)17-12-5/h13H,8-12H2,1-7H3. The number of hydrogen-bond donors (Lipinski definition) is 0. The third-order valence-electron chi connectivity index (χ3n) is 3.98. The van der Waals surface area contributed by atoms with E-state index in [1.807, 2.05) is 20.8 Å². The molecule has 0 N–H and O–H groups in total. The van der Waals surface area contributed by atoms with Crippen molar-refractivity contribution < 1.29 is 13.3 Å². The summed E-state index contributed by atoms with van der Waals surface area (Å²) >= 11 is 0. The molecule has 0 aliphatic carbocycles. The molecule has 0 spiro atoms. The average Bonchev–Trinajstić information content (AvgIpc) is 2.31. The molecule has 0 saturated heterocycles. The van der Waals surface area contributed by atoms with Crippen molar-refractivity contribution in [2.45, 2.75) is 66.3 Å². The maximum atomic E-state index is 6.11. The van der Waals surface area contributed by atoms with E-state index in [1.165, 1.54) is 0 Å². The lowest BCUT2D eigenvalue weighted by molar-refractivity contribution is 0.0298. The van der Waals surface area contributed by atoms with Crippen LogP contribution in [0, 0.1) is 5.92 Å². The SMILES string of the molecule is CCO[Si](OCC)(OCC)C(CC)(CC)C(C)C. The fourth-order valence-electron chi connectivity index (χ4n) is 2.98. The molecule has 0 radical (unpaired) electrons. The fraction of sp³-hybridized carbons (Fsp3) is 1.00. The lowest BCUT2D eigenvalue weighted by Gasteiger charge is -2.47. The molecule has 18 heavy (non-hydrogen) atoms. The van der Waals surface area contributed by atoms with E-state index in [9.17, 15) is 0 Å². The fourth-order valence-corrected chi connectivity index (χ4v) is 6.80. The second-order valence-electron chi connectivity index (χ2n) is 4.87. The van der Waals surface area contributed by atoms with Gasteiger partial charge in [0.25, 0.3) is 0 Å². The molecule has 0 atom stereocenters. The van der Waals surface area contributed by atoms with Crippen LogP contribution in [-0.2, 0) is 13.3 Å². The highest BCUT2D eigenvalue weighted by molar-refractivity contribution is 6.64. The predicted octanol–water partition coefficient (Wildman–Crippen LogP) is 4.25. The molecule has 0 aromatic carbocycles. The maximum absolute atomic E-state index is 6.11. The smallest absolute Gasteiger partial charge is 0.373 e. The second-order valence-corrected chi connectivity index (χ2v) is 7.85. The summed E-state index contributed by atoms with van der Waals surface area (Å²) in [4.78, 5) is 0. The third-order valence-corrected chi connectivity index (χ3v) is 8.49. The van der Waals surface area contributed by atoms with Gasteiger partial charge in [-0.1, -0.05) is 27.7 Å². The van der Waals surface area contributed by atoms with Crippen molar-refractivity contribution in [3.8, 4) is 0 Å². The highest BCUT2D eigenvalue weighted by Gasteiger charge is 2.60. The summed E-state index contributed by atoms with van der Waals surface area (Å²) in [5.41, 5.74) is 0. The van der Waals surface area contributed by atoms with E-state index in [0.717, 1.165) is 12.8 Å². The van der Waals surface area contributed by atoms with Crippen LogP contribution in [0.2, 0.25) is 5.04 Å². The molecular formula is C14H32O3Si. The summed E-state index contributed by atoms with van der Waals surface area (Å²) in [6, 6.07) is 0. The highest BCUT2D eigenvalue weighted by atomic mass is 28.4. The van der Waals surface area contributed by atoms with Gasteiger partial charge in [0.2, 0.25) is 0 Å². The minimum Gasteiger partial charge on any atom is -0.373 e. The average molecular weight is 276 g/mol. The molecule has 0 aromatic rings. The van der Waals surface area contributed by atoms with Gasteiger partial charge >= 0.3 is 8.80 Å². The summed E-state index contributed by atoms with van der Waals surface area (Å²) in [5, 5.41) is 0.0228. The Bertz CT molecular complexity index is 198. The van der Waals surface area contributed by atoms with Crippen molar-refractivity contribution in [1.29, 1.82) is 0 Å². The molecule has 0 fully saturated rings. The summed E-state index contributed by atoms with van der Waals surface area (Å²) in [7, 11) is -2.64. The van der Waals surface area contributed by atoms with E-state index in [2.05, 4.69) is 27.7 Å². The van der Waals surface area contributed by atoms with Crippen LogP contribution in [0.15, 0.2) is 0 Å². The summed E-state index contributed by atoms with van der Waals surface area (Å²) in [6.07, 6.45) is 2.07. The van der Waals surface area contributed by atoms with E-state index >= 15 is 0 Å². The highest BCUT2D eigenvalue weighted by Crippen LogP contribution is 2.52. The summed E-state index contributed by atoms with van der Waals surface area (Å²) in [5.74, 6) is 0.490. The Morgan fingerprint density at radius 2 is 1.11 bits per heavy atom. The molecule has 3 nitrogen and oxygen atoms in total. The van der Waals surface area contributed by atoms with Crippen molar-refractivity contribution in [1.82, 2.24) is 0 Å². The van der Waals surface area contributed by atoms with Crippen LogP contribution < -0.4 is 0 Å². The molecule has 0 unspecified atom stereocenters. The lowest BCUT2D eigenvalue weighted by Crippen LogP contribution is -2.58. The van der Waals surface area contributed by atoms with Crippen molar-refractivity contribution in [3.63, 3.8) is 0 Å². The summed E-state index contributed by atoms with van der Waals surface area (Å²) in [6.45, 7) is 17.0. The molecular weight excluding hydrogens is 244 g/mol. The molecule has 0 rings (SSSR count). The van der Waals surface area contributed by atoms with Gasteiger partial charge < -0.3 is 13.3 Å². The third kappa shape index (κ3) is 3.35. The van der Waals surface area contributed by atoms with Gasteiger partial charge in [-0.15, -0.1) is 0 Å². The van der Waals surface area contributed by atoms with Gasteiger partial charge in [-0.3, -0.25) is 0 Å². The number of hydrogen-bond acceptors (Lipinski definition) is 3. The van der Waals surface area contributed by atoms with E-state index in [4.69, 9.17) is 13.3 Å². The van der Waals surface area contributed by atoms with Gasteiger partial charge in [0.05, 0.1) is 0 Å². The maximum Gasteiger partial charge on any atom is 0.507 e. The van der Waals surface area contributed by atoms with E-state index in [0.29, 0.717) is 25.7 Å². The normalized spacial score (nSPS) is 13.3. The van der Waals surface area contributed by atoms with E-state index < -0.39 is 8.80 Å². The van der Waals surface area contributed by atoms with E-state index in [-0.39, 0.29) is 5.04 Å². The van der Waals surface area contributed by atoms with Gasteiger partial charge in [0.1, 0.15) is 0 Å². The van der Waals surface area contributed by atoms with E-state index in [1.54, 1.807) is 0 Å². The molecule has 4 heteroatoms. The Labute approximate surface area is 115 Å². The minimum absolute atomic E-state index is 0.0228. The molecule has 0 heterocycles. The Morgan fingerprint density at radius 1 is 0.778 bits per heavy atom. The van der Waals surface area contributed by atoms with Crippen molar-refractivity contribution in [3.05, 3.63) is 0 Å². The largest absolute Gasteiger partial charge is 0.507 e. The van der Waals surface area contributed by atoms with Crippen LogP contribution in [0.1, 0.15) is 61.3 Å². The molecule has 0 aliphatic rings. The van der Waals surface area contributed by atoms with Crippen LogP contribution in [0.5, 0.6) is 0 Å². The van der Waals surface area contributed by atoms with Crippen LogP contribution in [0.4, 0.5) is 0 Å². The molecule has 0 saturated carbocycles. The first-order valence-electron chi connectivity index (χ1n) is 7.41. The predicted molar refractivity (Wildman–Crippen MR) is 78.7 cm³/mol. The molecule has 0 bridgehead atoms. The Hall–Kier alpha value is 0.0969. The van der Waals surface area contributed by atoms with Gasteiger partial charge in [-0.05, 0) is 39.5 Å². The zero-order valence-electron chi connectivity index (χ0n) is 13.3. The second kappa shape index (κ2) is 8.30. The lowest BCUT2D eigenvalue weighted by atomic mass is 9.89. The number of rotatable bonds is 10. The molecule has 0 aromatic heterocycles. The van der Waals surface area contributed by atoms with Gasteiger partial charge in [0.15, 0.2) is 0 Å². The van der Waals surface area contributed by atoms with Crippen molar-refractivity contribution in [2.75, 3.05) is 19.8 Å². The first-order chi connectivity index (χ1) is 8.50. The van der Waals surface area contributed by atoms with Gasteiger partial charge in [-0.2, -0.15) is 0 Å². The molecule has 0 aliphatic heterocycles. The first-order valence-corrected chi connectivity index (χ1v) is 9.14. The zero-order valence-corrected chi connectivity index (χ0v) is 14.3. The van der Waals surface area contributed by atoms with Crippen molar-refractivity contribution in [2.24, 2.45) is 5.92 Å². The zero-order chi connectivity index (χ0) is 14.2. The van der Waals surface area contributed by atoms with Gasteiger partial charge in [0, 0.05) is 24.9 Å². The van der Waals surface area contributed by atoms with Crippen LogP contribution in [0.3, 0.4) is 0 Å². The van der Waals surface area contributed by atoms with Crippen LogP contribution in [-0.4, -0.2) is 28.6 Å². The Kier molecular flexibility index (Phi) is 8.35. The van der Waals surface area contributed by atoms with Crippen LogP contribution in [0.25, 0.3) is 0 Å². The minimum atomic E-state index is -2.64. The van der Waals surface area contributed by atoms with Gasteiger partial charge in [-0.25, -0.2) is 0 Å². The molecule has 0 amide bonds. The first kappa shape index (κ1) is 18.1. The van der Waals surface area contributed by atoms with Crippen molar-refractivity contribution >= 4 is 8.80 Å². The van der Waals surface area contributed by atoms with Crippen LogP contribution >= 0.6 is 0 Å². The molecule has 110 valence electrons. The Balaban J connectivity index is 5.56. The summed E-state index contributed by atoms with van der Waals surface area (Å²) < 4.78 is 18.3. The monoisotopic (exact) mass is 276 g/mol.